The Morgan fingerprint density at radius 3 is 2.64 bits per heavy atom. The van der Waals surface area contributed by atoms with Gasteiger partial charge in [-0.1, -0.05) is 18.6 Å². The van der Waals surface area contributed by atoms with Crippen LogP contribution in [0.2, 0.25) is 0 Å². The summed E-state index contributed by atoms with van der Waals surface area (Å²) in [6.07, 6.45) is 4.24. The standard InChI is InChI=1S/C19H28N2O4/c1-24-17-8-6-15(7-9-17)10-11-20-18(22)14-21-12-4-3-5-16(21)13-19(23)25-2/h6-9,16H,3-5,10-14H2,1-2H3,(H,20,22). The number of esters is 1. The molecule has 1 aliphatic heterocycles. The average Bonchev–Trinajstić information content (AvgIpc) is 2.63. The van der Waals surface area contributed by atoms with Crippen LogP contribution in [0.15, 0.2) is 24.3 Å². The molecular weight excluding hydrogens is 320 g/mol. The van der Waals surface area contributed by atoms with Gasteiger partial charge >= 0.3 is 5.97 Å². The number of likely N-dealkylation sites (tertiary alicyclic amines) is 1. The molecule has 0 bridgehead atoms. The van der Waals surface area contributed by atoms with Crippen molar-refractivity contribution in [1.29, 1.82) is 0 Å². The largest absolute Gasteiger partial charge is 0.497 e. The number of hydrogen-bond donors (Lipinski definition) is 1. The van der Waals surface area contributed by atoms with Crippen LogP contribution >= 0.6 is 0 Å². The zero-order chi connectivity index (χ0) is 18.1. The molecule has 1 amide bonds. The molecule has 0 radical (unpaired) electrons. The molecule has 6 nitrogen and oxygen atoms in total. The summed E-state index contributed by atoms with van der Waals surface area (Å²) < 4.78 is 9.90. The van der Waals surface area contributed by atoms with E-state index in [-0.39, 0.29) is 17.9 Å². The average molecular weight is 348 g/mol. The van der Waals surface area contributed by atoms with E-state index in [1.807, 2.05) is 24.3 Å². The monoisotopic (exact) mass is 348 g/mol. The highest BCUT2D eigenvalue weighted by atomic mass is 16.5. The number of nitrogens with one attached hydrogen (secondary N) is 1. The Labute approximate surface area is 149 Å². The molecule has 1 fully saturated rings. The van der Waals surface area contributed by atoms with Crippen molar-refractivity contribution in [3.63, 3.8) is 0 Å². The van der Waals surface area contributed by atoms with Crippen LogP contribution in [0.25, 0.3) is 0 Å². The maximum absolute atomic E-state index is 12.2. The topological polar surface area (TPSA) is 67.9 Å². The fraction of sp³-hybridized carbons (Fsp3) is 0.579. The van der Waals surface area contributed by atoms with Gasteiger partial charge in [-0.25, -0.2) is 0 Å². The lowest BCUT2D eigenvalue weighted by molar-refractivity contribution is -0.143. The lowest BCUT2D eigenvalue weighted by atomic mass is 9.99. The Bertz CT molecular complexity index is 559. The van der Waals surface area contributed by atoms with Crippen molar-refractivity contribution in [2.75, 3.05) is 33.9 Å². The molecule has 0 saturated carbocycles. The van der Waals surface area contributed by atoms with Crippen molar-refractivity contribution >= 4 is 11.9 Å². The van der Waals surface area contributed by atoms with Crippen LogP contribution in [0, 0.1) is 0 Å². The van der Waals surface area contributed by atoms with Gasteiger partial charge in [-0.15, -0.1) is 0 Å². The molecule has 1 heterocycles. The van der Waals surface area contributed by atoms with Crippen molar-refractivity contribution in [2.45, 2.75) is 38.1 Å². The van der Waals surface area contributed by atoms with Crippen LogP contribution in [-0.4, -0.2) is 56.7 Å². The fourth-order valence-electron chi connectivity index (χ4n) is 3.15. The van der Waals surface area contributed by atoms with Crippen LogP contribution < -0.4 is 10.1 Å². The zero-order valence-corrected chi connectivity index (χ0v) is 15.1. The van der Waals surface area contributed by atoms with Crippen molar-refractivity contribution in [3.8, 4) is 5.75 Å². The van der Waals surface area contributed by atoms with Gasteiger partial charge in [0.15, 0.2) is 0 Å². The first-order chi connectivity index (χ1) is 12.1. The minimum absolute atomic E-state index is 0.00489. The van der Waals surface area contributed by atoms with Crippen LogP contribution in [0.4, 0.5) is 0 Å². The van der Waals surface area contributed by atoms with Gasteiger partial charge < -0.3 is 14.8 Å². The minimum Gasteiger partial charge on any atom is -0.497 e. The Balaban J connectivity index is 1.74. The van der Waals surface area contributed by atoms with E-state index in [2.05, 4.69) is 10.2 Å². The molecule has 1 aromatic rings. The molecule has 138 valence electrons. The molecule has 1 atom stereocenters. The van der Waals surface area contributed by atoms with Gasteiger partial charge in [0.2, 0.25) is 5.91 Å². The van der Waals surface area contributed by atoms with E-state index in [4.69, 9.17) is 9.47 Å². The van der Waals surface area contributed by atoms with E-state index in [1.54, 1.807) is 7.11 Å². The first-order valence-electron chi connectivity index (χ1n) is 8.83. The number of ether oxygens (including phenoxy) is 2. The summed E-state index contributed by atoms with van der Waals surface area (Å²) in [5.74, 6) is 0.622. The molecule has 1 saturated heterocycles. The smallest absolute Gasteiger partial charge is 0.307 e. The second kappa shape index (κ2) is 10.0. The summed E-state index contributed by atoms with van der Waals surface area (Å²) in [4.78, 5) is 25.8. The van der Waals surface area contributed by atoms with E-state index < -0.39 is 0 Å². The van der Waals surface area contributed by atoms with Crippen LogP contribution in [-0.2, 0) is 20.7 Å². The van der Waals surface area contributed by atoms with Crippen LogP contribution in [0.1, 0.15) is 31.2 Å². The number of nitrogens with zero attached hydrogens (tertiary/aromatic N) is 1. The summed E-state index contributed by atoms with van der Waals surface area (Å²) in [6.45, 7) is 1.79. The van der Waals surface area contributed by atoms with Crippen molar-refractivity contribution in [3.05, 3.63) is 29.8 Å². The SMILES string of the molecule is COC(=O)CC1CCCCN1CC(=O)NCCc1ccc(OC)cc1. The first-order valence-corrected chi connectivity index (χ1v) is 8.83. The predicted octanol–water partition coefficient (Wildman–Crippen LogP) is 1.77. The number of carbonyl (C=O) groups is 2. The number of methoxy groups -OCH3 is 2. The minimum atomic E-state index is -0.211. The molecule has 1 aliphatic rings. The van der Waals surface area contributed by atoms with E-state index in [9.17, 15) is 9.59 Å². The van der Waals surface area contributed by atoms with Gasteiger partial charge in [0.05, 0.1) is 27.2 Å². The number of amides is 1. The Morgan fingerprint density at radius 2 is 1.96 bits per heavy atom. The summed E-state index contributed by atoms with van der Waals surface area (Å²) in [5, 5.41) is 2.97. The third-order valence-corrected chi connectivity index (χ3v) is 4.62. The summed E-state index contributed by atoms with van der Waals surface area (Å²) in [7, 11) is 3.05. The highest BCUT2D eigenvalue weighted by Gasteiger charge is 2.26. The molecule has 6 heteroatoms. The number of carbonyl (C=O) groups excluding carboxylic acids is 2. The van der Waals surface area contributed by atoms with E-state index in [0.717, 1.165) is 43.5 Å². The maximum atomic E-state index is 12.2. The third-order valence-electron chi connectivity index (χ3n) is 4.62. The molecule has 0 spiro atoms. The summed E-state index contributed by atoms with van der Waals surface area (Å²) >= 11 is 0. The lowest BCUT2D eigenvalue weighted by Crippen LogP contribution is -2.46. The molecule has 25 heavy (non-hydrogen) atoms. The quantitative estimate of drug-likeness (QED) is 0.725. The number of piperidine rings is 1. The molecule has 0 aromatic heterocycles. The Hall–Kier alpha value is -2.08. The molecule has 0 aliphatic carbocycles. The van der Waals surface area contributed by atoms with E-state index >= 15 is 0 Å². The molecule has 2 rings (SSSR count). The second-order valence-electron chi connectivity index (χ2n) is 6.35. The number of benzene rings is 1. The van der Waals surface area contributed by atoms with Gasteiger partial charge in [-0.05, 0) is 43.5 Å². The van der Waals surface area contributed by atoms with E-state index in [1.165, 1.54) is 7.11 Å². The van der Waals surface area contributed by atoms with Gasteiger partial charge in [0.25, 0.3) is 0 Å². The fourth-order valence-corrected chi connectivity index (χ4v) is 3.15. The highest BCUT2D eigenvalue weighted by molar-refractivity contribution is 5.78. The lowest BCUT2D eigenvalue weighted by Gasteiger charge is -2.34. The summed E-state index contributed by atoms with van der Waals surface area (Å²) in [6, 6.07) is 7.95. The van der Waals surface area contributed by atoms with Gasteiger partial charge in [0, 0.05) is 12.6 Å². The van der Waals surface area contributed by atoms with Gasteiger partial charge in [0.1, 0.15) is 5.75 Å². The van der Waals surface area contributed by atoms with Crippen molar-refractivity contribution < 1.29 is 19.1 Å². The maximum Gasteiger partial charge on any atom is 0.307 e. The van der Waals surface area contributed by atoms with Crippen molar-refractivity contribution in [1.82, 2.24) is 10.2 Å². The predicted molar refractivity (Wildman–Crippen MR) is 95.6 cm³/mol. The number of rotatable bonds is 8. The van der Waals surface area contributed by atoms with Crippen molar-refractivity contribution in [2.24, 2.45) is 0 Å². The molecule has 1 aromatic carbocycles. The first kappa shape index (κ1) is 19.2. The van der Waals surface area contributed by atoms with Crippen LogP contribution in [0.5, 0.6) is 5.75 Å². The van der Waals surface area contributed by atoms with E-state index in [0.29, 0.717) is 19.5 Å². The normalized spacial score (nSPS) is 17.8. The second-order valence-corrected chi connectivity index (χ2v) is 6.35. The molecule has 1 N–H and O–H groups in total. The summed E-state index contributed by atoms with van der Waals surface area (Å²) in [5.41, 5.74) is 1.16. The number of hydrogen-bond acceptors (Lipinski definition) is 5. The Morgan fingerprint density at radius 1 is 1.20 bits per heavy atom. The Kier molecular flexibility index (Phi) is 7.73. The molecular formula is C19H28N2O4. The van der Waals surface area contributed by atoms with Gasteiger partial charge in [-0.2, -0.15) is 0 Å². The third kappa shape index (κ3) is 6.38. The van der Waals surface area contributed by atoms with Gasteiger partial charge in [-0.3, -0.25) is 14.5 Å². The molecule has 1 unspecified atom stereocenters. The highest BCUT2D eigenvalue weighted by Crippen LogP contribution is 2.19. The van der Waals surface area contributed by atoms with Crippen LogP contribution in [0.3, 0.4) is 0 Å². The zero-order valence-electron chi connectivity index (χ0n) is 15.1.